The van der Waals surface area contributed by atoms with Crippen LogP contribution in [0.3, 0.4) is 0 Å². The molecule has 0 radical (unpaired) electrons. The number of methoxy groups -OCH3 is 3. The van der Waals surface area contributed by atoms with E-state index in [0.29, 0.717) is 30.2 Å². The molecule has 3 rings (SSSR count). The Labute approximate surface area is 175 Å². The quantitative estimate of drug-likeness (QED) is 0.754. The molecule has 1 aliphatic rings. The van der Waals surface area contributed by atoms with Crippen LogP contribution in [0.15, 0.2) is 36.4 Å². The van der Waals surface area contributed by atoms with Crippen LogP contribution in [0, 0.1) is 0 Å². The van der Waals surface area contributed by atoms with E-state index in [9.17, 15) is 14.7 Å². The van der Waals surface area contributed by atoms with Crippen molar-refractivity contribution in [2.45, 2.75) is 25.4 Å². The Hall–Kier alpha value is -3.42. The first kappa shape index (κ1) is 21.3. The van der Waals surface area contributed by atoms with Gasteiger partial charge in [-0.2, -0.15) is 0 Å². The fourth-order valence-corrected chi connectivity index (χ4v) is 3.64. The standard InChI is InChI=1S/C22H26N2O6/c1-13(21(25)26)23-22(27)24-10-9-15-11-18(29-3)19(30-4)12-17(15)20(24)14-5-7-16(28-2)8-6-14/h5-8,11-13,20H,9-10H2,1-4H3,(H,23,27)(H,25,26)/t13-,20-/m1/s1. The molecule has 2 N–H and O–H groups in total. The molecule has 8 nitrogen and oxygen atoms in total. The smallest absolute Gasteiger partial charge is 0.325 e. The van der Waals surface area contributed by atoms with Crippen LogP contribution in [-0.2, 0) is 11.2 Å². The van der Waals surface area contributed by atoms with Gasteiger partial charge in [-0.3, -0.25) is 4.79 Å². The van der Waals surface area contributed by atoms with Gasteiger partial charge in [0.1, 0.15) is 11.8 Å². The Morgan fingerprint density at radius 2 is 1.70 bits per heavy atom. The number of nitrogens with zero attached hydrogens (tertiary/aromatic N) is 1. The first-order chi connectivity index (χ1) is 14.4. The molecule has 0 fully saturated rings. The van der Waals surface area contributed by atoms with E-state index in [1.807, 2.05) is 36.4 Å². The molecule has 1 aliphatic heterocycles. The van der Waals surface area contributed by atoms with Crippen molar-refractivity contribution in [2.24, 2.45) is 0 Å². The van der Waals surface area contributed by atoms with Crippen LogP contribution in [-0.4, -0.2) is 55.9 Å². The molecule has 0 aliphatic carbocycles. The lowest BCUT2D eigenvalue weighted by atomic mass is 9.87. The zero-order valence-corrected chi connectivity index (χ0v) is 17.5. The fraction of sp³-hybridized carbons (Fsp3) is 0.364. The lowest BCUT2D eigenvalue weighted by Crippen LogP contribution is -2.50. The number of fused-ring (bicyclic) bond motifs is 1. The van der Waals surface area contributed by atoms with E-state index < -0.39 is 24.1 Å². The van der Waals surface area contributed by atoms with Crippen molar-refractivity contribution >= 4 is 12.0 Å². The van der Waals surface area contributed by atoms with Crippen molar-refractivity contribution < 1.29 is 28.9 Å². The Balaban J connectivity index is 2.07. The van der Waals surface area contributed by atoms with E-state index in [-0.39, 0.29) is 0 Å². The highest BCUT2D eigenvalue weighted by Crippen LogP contribution is 2.41. The molecule has 1 heterocycles. The maximum Gasteiger partial charge on any atom is 0.325 e. The van der Waals surface area contributed by atoms with E-state index in [0.717, 1.165) is 16.7 Å². The molecule has 0 unspecified atom stereocenters. The Morgan fingerprint density at radius 3 is 2.27 bits per heavy atom. The minimum Gasteiger partial charge on any atom is -0.497 e. The van der Waals surface area contributed by atoms with Crippen LogP contribution >= 0.6 is 0 Å². The van der Waals surface area contributed by atoms with Gasteiger partial charge in [0.15, 0.2) is 11.5 Å². The van der Waals surface area contributed by atoms with Gasteiger partial charge in [0, 0.05) is 6.54 Å². The molecule has 0 saturated carbocycles. The summed E-state index contributed by atoms with van der Waals surface area (Å²) in [5, 5.41) is 11.7. The first-order valence-electron chi connectivity index (χ1n) is 9.58. The van der Waals surface area contributed by atoms with Gasteiger partial charge in [0.2, 0.25) is 0 Å². The zero-order valence-electron chi connectivity index (χ0n) is 17.5. The summed E-state index contributed by atoms with van der Waals surface area (Å²) in [7, 11) is 4.74. The van der Waals surface area contributed by atoms with Gasteiger partial charge in [0.25, 0.3) is 0 Å². The predicted octanol–water partition coefficient (Wildman–Crippen LogP) is 2.84. The zero-order chi connectivity index (χ0) is 21.8. The van der Waals surface area contributed by atoms with E-state index in [2.05, 4.69) is 5.32 Å². The molecular weight excluding hydrogens is 388 g/mol. The summed E-state index contributed by atoms with van der Waals surface area (Å²) >= 11 is 0. The lowest BCUT2D eigenvalue weighted by Gasteiger charge is -2.38. The second-order valence-corrected chi connectivity index (χ2v) is 7.03. The number of amides is 2. The Morgan fingerprint density at radius 1 is 1.07 bits per heavy atom. The Kier molecular flexibility index (Phi) is 6.34. The molecular formula is C22H26N2O6. The van der Waals surface area contributed by atoms with Crippen LogP contribution in [0.25, 0.3) is 0 Å². The van der Waals surface area contributed by atoms with Gasteiger partial charge in [0.05, 0.1) is 27.4 Å². The third-order valence-electron chi connectivity index (χ3n) is 5.28. The van der Waals surface area contributed by atoms with Crippen molar-refractivity contribution in [3.05, 3.63) is 53.1 Å². The lowest BCUT2D eigenvalue weighted by molar-refractivity contribution is -0.138. The molecule has 0 spiro atoms. The van der Waals surface area contributed by atoms with Crippen LogP contribution in [0.4, 0.5) is 4.79 Å². The number of carboxylic acid groups (broad SMARTS) is 1. The summed E-state index contributed by atoms with van der Waals surface area (Å²) in [4.78, 5) is 25.8. The van der Waals surface area contributed by atoms with Gasteiger partial charge in [-0.15, -0.1) is 0 Å². The monoisotopic (exact) mass is 414 g/mol. The molecule has 0 saturated heterocycles. The number of hydrogen-bond acceptors (Lipinski definition) is 5. The summed E-state index contributed by atoms with van der Waals surface area (Å²) in [6, 6.07) is 9.42. The molecule has 0 bridgehead atoms. The topological polar surface area (TPSA) is 97.3 Å². The molecule has 2 amide bonds. The molecule has 8 heteroatoms. The van der Waals surface area contributed by atoms with E-state index in [1.54, 1.807) is 26.2 Å². The summed E-state index contributed by atoms with van der Waals surface area (Å²) in [6.07, 6.45) is 0.608. The fourth-order valence-electron chi connectivity index (χ4n) is 3.64. The maximum atomic E-state index is 13.0. The number of nitrogens with one attached hydrogen (secondary N) is 1. The normalized spacial score (nSPS) is 16.3. The molecule has 160 valence electrons. The Bertz CT molecular complexity index is 928. The highest BCUT2D eigenvalue weighted by atomic mass is 16.5. The number of hydrogen-bond donors (Lipinski definition) is 2. The van der Waals surface area contributed by atoms with Crippen molar-refractivity contribution in [3.63, 3.8) is 0 Å². The maximum absolute atomic E-state index is 13.0. The van der Waals surface area contributed by atoms with Gasteiger partial charge < -0.3 is 29.5 Å². The van der Waals surface area contributed by atoms with E-state index >= 15 is 0 Å². The average molecular weight is 414 g/mol. The van der Waals surface area contributed by atoms with Crippen LogP contribution in [0.5, 0.6) is 17.2 Å². The number of benzene rings is 2. The molecule has 2 atom stereocenters. The van der Waals surface area contributed by atoms with Crippen molar-refractivity contribution in [2.75, 3.05) is 27.9 Å². The number of carbonyl (C=O) groups excluding carboxylic acids is 1. The first-order valence-corrected chi connectivity index (χ1v) is 9.58. The molecule has 0 aromatic heterocycles. The van der Waals surface area contributed by atoms with Gasteiger partial charge in [-0.1, -0.05) is 12.1 Å². The third-order valence-corrected chi connectivity index (χ3v) is 5.28. The highest BCUT2D eigenvalue weighted by Gasteiger charge is 2.34. The number of urea groups is 1. The summed E-state index contributed by atoms with van der Waals surface area (Å²) in [6.45, 7) is 1.87. The van der Waals surface area contributed by atoms with Crippen LogP contribution in [0.2, 0.25) is 0 Å². The van der Waals surface area contributed by atoms with Crippen LogP contribution in [0.1, 0.15) is 29.7 Å². The minimum absolute atomic E-state index is 0.416. The van der Waals surface area contributed by atoms with Crippen molar-refractivity contribution in [1.82, 2.24) is 10.2 Å². The molecule has 2 aromatic rings. The third kappa shape index (κ3) is 4.12. The largest absolute Gasteiger partial charge is 0.497 e. The SMILES string of the molecule is COc1ccc([C@@H]2c3cc(OC)c(OC)cc3CCN2C(=O)N[C@H](C)C(=O)O)cc1. The van der Waals surface area contributed by atoms with Crippen LogP contribution < -0.4 is 19.5 Å². The highest BCUT2D eigenvalue weighted by molar-refractivity contribution is 5.83. The van der Waals surface area contributed by atoms with Crippen molar-refractivity contribution in [3.8, 4) is 17.2 Å². The van der Waals surface area contributed by atoms with E-state index in [1.165, 1.54) is 6.92 Å². The second kappa shape index (κ2) is 8.94. The second-order valence-electron chi connectivity index (χ2n) is 7.03. The molecule has 30 heavy (non-hydrogen) atoms. The summed E-state index contributed by atoms with van der Waals surface area (Å²) in [5.41, 5.74) is 2.83. The number of aliphatic carboxylic acids is 1. The van der Waals surface area contributed by atoms with E-state index in [4.69, 9.17) is 14.2 Å². The number of ether oxygens (including phenoxy) is 3. The number of rotatable bonds is 6. The molecule has 2 aromatic carbocycles. The average Bonchev–Trinajstić information content (AvgIpc) is 2.77. The minimum atomic E-state index is -1.09. The van der Waals surface area contributed by atoms with Gasteiger partial charge in [-0.25, -0.2) is 4.79 Å². The van der Waals surface area contributed by atoms with Gasteiger partial charge in [-0.05, 0) is 54.3 Å². The number of carbonyl (C=O) groups is 2. The van der Waals surface area contributed by atoms with Crippen molar-refractivity contribution in [1.29, 1.82) is 0 Å². The van der Waals surface area contributed by atoms with Gasteiger partial charge >= 0.3 is 12.0 Å². The summed E-state index contributed by atoms with van der Waals surface area (Å²) < 4.78 is 16.2. The number of carboxylic acids is 1. The predicted molar refractivity (Wildman–Crippen MR) is 110 cm³/mol. The summed E-state index contributed by atoms with van der Waals surface area (Å²) in [5.74, 6) is 0.809.